The minimum Gasteiger partial charge on any atom is -0.394 e. The zero-order valence-corrected chi connectivity index (χ0v) is 16.0. The van der Waals surface area contributed by atoms with E-state index < -0.39 is 79.4 Å². The molecule has 4 unspecified atom stereocenters. The van der Waals surface area contributed by atoms with Crippen molar-refractivity contribution in [1.82, 2.24) is 0 Å². The second-order valence-corrected chi connectivity index (χ2v) is 7.79. The molecular formula is C17H33N3O9. The topological polar surface area (TPSA) is 235 Å². The molecule has 0 spiro atoms. The highest BCUT2D eigenvalue weighted by Crippen LogP contribution is 2.32. The van der Waals surface area contributed by atoms with Crippen LogP contribution in [0.5, 0.6) is 0 Å². The van der Waals surface area contributed by atoms with Gasteiger partial charge in [-0.15, -0.1) is 0 Å². The van der Waals surface area contributed by atoms with Gasteiger partial charge in [0, 0.05) is 12.5 Å². The van der Waals surface area contributed by atoms with Gasteiger partial charge in [0.05, 0.1) is 18.8 Å². The van der Waals surface area contributed by atoms with E-state index in [0.717, 1.165) is 0 Å². The summed E-state index contributed by atoms with van der Waals surface area (Å²) in [6, 6.07) is -2.00. The Hall–Kier alpha value is -0.770. The molecule has 1 heterocycles. The quantitative estimate of drug-likeness (QED) is 0.178. The molecule has 1 aliphatic carbocycles. The SMILES string of the molecule is NCC[C@H](O)C(=O)C[C@@H]1CC(N)[C@@H](O[C@H]2OC(CO)[C@@H](O)[C@H](O)C2N)[C@H](O)C1O. The third-order valence-corrected chi connectivity index (χ3v) is 5.66. The fraction of sp³-hybridized carbons (Fsp3) is 0.941. The molecule has 1 aliphatic heterocycles. The molecule has 2 aliphatic rings. The van der Waals surface area contributed by atoms with E-state index in [-0.39, 0.29) is 25.8 Å². The van der Waals surface area contributed by atoms with E-state index in [1.54, 1.807) is 0 Å². The van der Waals surface area contributed by atoms with Crippen LogP contribution in [0.3, 0.4) is 0 Å². The lowest BCUT2D eigenvalue weighted by atomic mass is 9.77. The van der Waals surface area contributed by atoms with Gasteiger partial charge in [-0.2, -0.15) is 0 Å². The van der Waals surface area contributed by atoms with E-state index in [9.17, 15) is 35.4 Å². The summed E-state index contributed by atoms with van der Waals surface area (Å²) < 4.78 is 11.0. The molecule has 0 radical (unpaired) electrons. The van der Waals surface area contributed by atoms with Crippen molar-refractivity contribution in [2.45, 2.75) is 80.4 Å². The number of hydrogen-bond acceptors (Lipinski definition) is 12. The molecule has 0 aromatic carbocycles. The Morgan fingerprint density at radius 2 is 1.76 bits per heavy atom. The molecule has 0 amide bonds. The van der Waals surface area contributed by atoms with Crippen LogP contribution < -0.4 is 17.2 Å². The van der Waals surface area contributed by atoms with Crippen LogP contribution in [0, 0.1) is 5.92 Å². The van der Waals surface area contributed by atoms with E-state index in [1.807, 2.05) is 0 Å². The molecule has 0 aromatic heterocycles. The van der Waals surface area contributed by atoms with Gasteiger partial charge in [-0.25, -0.2) is 0 Å². The molecule has 12 N–H and O–H groups in total. The maximum Gasteiger partial charge on any atom is 0.176 e. The summed E-state index contributed by atoms with van der Waals surface area (Å²) >= 11 is 0. The van der Waals surface area contributed by atoms with E-state index in [0.29, 0.717) is 0 Å². The molecule has 0 bridgehead atoms. The molecule has 170 valence electrons. The van der Waals surface area contributed by atoms with Gasteiger partial charge >= 0.3 is 0 Å². The van der Waals surface area contributed by atoms with Crippen molar-refractivity contribution in [2.24, 2.45) is 23.1 Å². The molecule has 2 rings (SSSR count). The van der Waals surface area contributed by atoms with Gasteiger partial charge < -0.3 is 57.3 Å². The number of ether oxygens (including phenoxy) is 2. The van der Waals surface area contributed by atoms with Crippen molar-refractivity contribution in [3.8, 4) is 0 Å². The summed E-state index contributed by atoms with van der Waals surface area (Å²) in [6.07, 6.45) is -10.5. The standard InChI is InChI=1S/C17H33N3O9/c18-2-1-8(22)9(23)4-6-3-7(19)16(15(27)12(6)24)29-17-11(20)14(26)13(25)10(5-21)28-17/h6-8,10-17,21-22,24-27H,1-5,18-20H2/t6-,7?,8-,10?,11?,12?,13+,14+,15+,16+,17+/m0/s1. The highest BCUT2D eigenvalue weighted by Gasteiger charge is 2.48. The number of carbonyl (C=O) groups is 1. The average Bonchev–Trinajstić information content (AvgIpc) is 2.69. The smallest absolute Gasteiger partial charge is 0.176 e. The predicted molar refractivity (Wildman–Crippen MR) is 98.0 cm³/mol. The summed E-state index contributed by atoms with van der Waals surface area (Å²) in [5, 5.41) is 59.8. The second kappa shape index (κ2) is 10.5. The summed E-state index contributed by atoms with van der Waals surface area (Å²) in [4.78, 5) is 12.1. The molecular weight excluding hydrogens is 390 g/mol. The number of Topliss-reactive ketones (excluding diaryl/α,β-unsaturated/α-hetero) is 1. The molecule has 12 nitrogen and oxygen atoms in total. The van der Waals surface area contributed by atoms with Gasteiger partial charge in [-0.3, -0.25) is 4.79 Å². The molecule has 29 heavy (non-hydrogen) atoms. The number of aliphatic hydroxyl groups excluding tert-OH is 6. The lowest BCUT2D eigenvalue weighted by molar-refractivity contribution is -0.295. The van der Waals surface area contributed by atoms with E-state index in [2.05, 4.69) is 0 Å². The first-order valence-corrected chi connectivity index (χ1v) is 9.68. The van der Waals surface area contributed by atoms with Crippen molar-refractivity contribution < 1.29 is 44.9 Å². The summed E-state index contributed by atoms with van der Waals surface area (Å²) in [6.45, 7) is -0.461. The van der Waals surface area contributed by atoms with Crippen LogP contribution in [0.2, 0.25) is 0 Å². The summed E-state index contributed by atoms with van der Waals surface area (Å²) in [5.41, 5.74) is 17.2. The lowest BCUT2D eigenvalue weighted by Gasteiger charge is -2.46. The van der Waals surface area contributed by atoms with Gasteiger partial charge in [0.25, 0.3) is 0 Å². The zero-order valence-electron chi connectivity index (χ0n) is 16.0. The largest absolute Gasteiger partial charge is 0.394 e. The number of hydrogen-bond donors (Lipinski definition) is 9. The number of nitrogens with two attached hydrogens (primary N) is 3. The van der Waals surface area contributed by atoms with Gasteiger partial charge in [0.15, 0.2) is 12.1 Å². The fourth-order valence-electron chi connectivity index (χ4n) is 3.83. The van der Waals surface area contributed by atoms with Crippen LogP contribution in [0.1, 0.15) is 19.3 Å². The Bertz CT molecular complexity index is 540. The number of rotatable bonds is 8. The van der Waals surface area contributed by atoms with Crippen LogP contribution in [-0.2, 0) is 14.3 Å². The average molecular weight is 423 g/mol. The Kier molecular flexibility index (Phi) is 8.87. The summed E-state index contributed by atoms with van der Waals surface area (Å²) in [7, 11) is 0. The van der Waals surface area contributed by atoms with E-state index >= 15 is 0 Å². The highest BCUT2D eigenvalue weighted by atomic mass is 16.7. The van der Waals surface area contributed by atoms with Crippen LogP contribution in [0.4, 0.5) is 0 Å². The van der Waals surface area contributed by atoms with Crippen LogP contribution in [0.15, 0.2) is 0 Å². The van der Waals surface area contributed by atoms with Crippen molar-refractivity contribution >= 4 is 5.78 Å². The van der Waals surface area contributed by atoms with E-state index in [1.165, 1.54) is 0 Å². The first kappa shape index (κ1) is 24.5. The van der Waals surface area contributed by atoms with E-state index in [4.69, 9.17) is 26.7 Å². The highest BCUT2D eigenvalue weighted by molar-refractivity contribution is 5.83. The zero-order chi connectivity index (χ0) is 21.9. The maximum atomic E-state index is 12.1. The monoisotopic (exact) mass is 423 g/mol. The Morgan fingerprint density at radius 1 is 1.10 bits per heavy atom. The molecule has 2 fully saturated rings. The Morgan fingerprint density at radius 3 is 2.34 bits per heavy atom. The van der Waals surface area contributed by atoms with Crippen molar-refractivity contribution in [3.05, 3.63) is 0 Å². The van der Waals surface area contributed by atoms with Crippen LogP contribution in [0.25, 0.3) is 0 Å². The minimum absolute atomic E-state index is 0.0963. The normalized spacial score (nSPS) is 44.4. The van der Waals surface area contributed by atoms with Gasteiger partial charge in [0.2, 0.25) is 0 Å². The minimum atomic E-state index is -1.49. The molecule has 12 heteroatoms. The molecule has 1 saturated carbocycles. The first-order chi connectivity index (χ1) is 13.6. The third-order valence-electron chi connectivity index (χ3n) is 5.66. The van der Waals surface area contributed by atoms with Crippen molar-refractivity contribution in [3.63, 3.8) is 0 Å². The predicted octanol–water partition coefficient (Wildman–Crippen LogP) is -5.12. The fourth-order valence-corrected chi connectivity index (χ4v) is 3.83. The molecule has 11 atom stereocenters. The van der Waals surface area contributed by atoms with Crippen LogP contribution in [-0.4, -0.2) is 111 Å². The number of aliphatic hydroxyl groups is 6. The lowest BCUT2D eigenvalue weighted by Crippen LogP contribution is -2.66. The van der Waals surface area contributed by atoms with Crippen molar-refractivity contribution in [2.75, 3.05) is 13.2 Å². The maximum absolute atomic E-state index is 12.1. The molecule has 0 aromatic rings. The van der Waals surface area contributed by atoms with Gasteiger partial charge in [0.1, 0.15) is 36.6 Å². The van der Waals surface area contributed by atoms with Crippen molar-refractivity contribution in [1.29, 1.82) is 0 Å². The first-order valence-electron chi connectivity index (χ1n) is 9.68. The summed E-state index contributed by atoms with van der Waals surface area (Å²) in [5.74, 6) is -1.20. The number of carbonyl (C=O) groups excluding carboxylic acids is 1. The second-order valence-electron chi connectivity index (χ2n) is 7.79. The van der Waals surface area contributed by atoms with Gasteiger partial charge in [-0.1, -0.05) is 0 Å². The Balaban J connectivity index is 2.02. The number of ketones is 1. The molecule has 1 saturated heterocycles. The van der Waals surface area contributed by atoms with Crippen LogP contribution >= 0.6 is 0 Å². The third kappa shape index (κ3) is 5.48. The Labute approximate surface area is 168 Å². The van der Waals surface area contributed by atoms with Gasteiger partial charge in [-0.05, 0) is 25.3 Å².